The van der Waals surface area contributed by atoms with E-state index in [-0.39, 0.29) is 4.90 Å². The van der Waals surface area contributed by atoms with Gasteiger partial charge in [0.15, 0.2) is 0 Å². The van der Waals surface area contributed by atoms with Crippen molar-refractivity contribution >= 4 is 28.0 Å². The van der Waals surface area contributed by atoms with Gasteiger partial charge in [-0.1, -0.05) is 25.0 Å². The predicted molar refractivity (Wildman–Crippen MR) is 107 cm³/mol. The van der Waals surface area contributed by atoms with Crippen LogP contribution in [0.25, 0.3) is 6.08 Å². The lowest BCUT2D eigenvalue weighted by molar-refractivity contribution is -0.148. The van der Waals surface area contributed by atoms with Crippen LogP contribution in [0.15, 0.2) is 35.2 Å². The molecule has 1 aromatic carbocycles. The molecular formula is C20H28N2O5S. The molecule has 7 nitrogen and oxygen atoms in total. The summed E-state index contributed by atoms with van der Waals surface area (Å²) in [5.74, 6) is -0.992. The molecule has 28 heavy (non-hydrogen) atoms. The van der Waals surface area contributed by atoms with Gasteiger partial charge in [0, 0.05) is 19.2 Å². The molecule has 154 valence electrons. The molecule has 8 heteroatoms. The fourth-order valence-corrected chi connectivity index (χ4v) is 4.53. The third-order valence-electron chi connectivity index (χ3n) is 4.64. The Morgan fingerprint density at radius 3 is 2.18 bits per heavy atom. The molecule has 1 aliphatic rings. The van der Waals surface area contributed by atoms with Crippen molar-refractivity contribution in [1.82, 2.24) is 9.62 Å². The van der Waals surface area contributed by atoms with Crippen LogP contribution < -0.4 is 5.32 Å². The summed E-state index contributed by atoms with van der Waals surface area (Å²) in [7, 11) is -2.23. The third-order valence-corrected chi connectivity index (χ3v) is 6.55. The Morgan fingerprint density at radius 1 is 1.07 bits per heavy atom. The molecule has 0 aliphatic carbocycles. The van der Waals surface area contributed by atoms with Gasteiger partial charge in [0.05, 0.1) is 12.0 Å². The normalized spacial score (nSPS) is 16.5. The van der Waals surface area contributed by atoms with Gasteiger partial charge < -0.3 is 10.1 Å². The van der Waals surface area contributed by atoms with Gasteiger partial charge in [-0.25, -0.2) is 13.2 Å². The molecule has 1 aromatic rings. The maximum absolute atomic E-state index is 12.8. The van der Waals surface area contributed by atoms with Gasteiger partial charge in [0.1, 0.15) is 5.54 Å². The molecule has 0 unspecified atom stereocenters. The van der Waals surface area contributed by atoms with Gasteiger partial charge in [-0.15, -0.1) is 0 Å². The first-order valence-corrected chi connectivity index (χ1v) is 10.8. The molecule has 1 saturated heterocycles. The number of rotatable bonds is 6. The van der Waals surface area contributed by atoms with Crippen molar-refractivity contribution in [2.45, 2.75) is 50.0 Å². The summed E-state index contributed by atoms with van der Waals surface area (Å²) in [5, 5.41) is 2.56. The van der Waals surface area contributed by atoms with E-state index in [1.165, 1.54) is 13.2 Å². The van der Waals surface area contributed by atoms with Crippen molar-refractivity contribution in [3.8, 4) is 0 Å². The Morgan fingerprint density at radius 2 is 1.64 bits per heavy atom. The zero-order valence-electron chi connectivity index (χ0n) is 16.6. The van der Waals surface area contributed by atoms with Gasteiger partial charge >= 0.3 is 5.97 Å². The van der Waals surface area contributed by atoms with E-state index in [1.807, 2.05) is 0 Å². The van der Waals surface area contributed by atoms with Gasteiger partial charge in [-0.05, 0) is 50.5 Å². The summed E-state index contributed by atoms with van der Waals surface area (Å²) in [4.78, 5) is 23.9. The van der Waals surface area contributed by atoms with Crippen molar-refractivity contribution in [3.63, 3.8) is 0 Å². The quantitative estimate of drug-likeness (QED) is 0.576. The number of ether oxygens (including phenoxy) is 1. The largest absolute Gasteiger partial charge is 0.467 e. The minimum atomic E-state index is -3.49. The van der Waals surface area contributed by atoms with Crippen LogP contribution in [0.3, 0.4) is 0 Å². The minimum Gasteiger partial charge on any atom is -0.467 e. The molecule has 1 N–H and O–H groups in total. The number of sulfonamides is 1. The van der Waals surface area contributed by atoms with E-state index >= 15 is 0 Å². The molecule has 1 fully saturated rings. The monoisotopic (exact) mass is 408 g/mol. The molecule has 0 radical (unpaired) electrons. The number of hydrogen-bond acceptors (Lipinski definition) is 5. The van der Waals surface area contributed by atoms with Crippen LogP contribution in [0.5, 0.6) is 0 Å². The molecule has 0 aromatic heterocycles. The minimum absolute atomic E-state index is 0.253. The number of amides is 1. The average Bonchev–Trinajstić information content (AvgIpc) is 2.95. The Kier molecular flexibility index (Phi) is 7.37. The van der Waals surface area contributed by atoms with Crippen LogP contribution in [0, 0.1) is 0 Å². The molecule has 0 bridgehead atoms. The first-order valence-electron chi connectivity index (χ1n) is 9.36. The summed E-state index contributed by atoms with van der Waals surface area (Å²) in [6, 6.07) is 6.41. The van der Waals surface area contributed by atoms with E-state index in [0.29, 0.717) is 18.7 Å². The van der Waals surface area contributed by atoms with E-state index in [2.05, 4.69) is 10.1 Å². The zero-order valence-corrected chi connectivity index (χ0v) is 17.4. The number of benzene rings is 1. The fraction of sp³-hybridized carbons (Fsp3) is 0.500. The number of carbonyl (C=O) groups is 2. The third kappa shape index (κ3) is 5.65. The maximum atomic E-state index is 12.8. The van der Waals surface area contributed by atoms with E-state index in [0.717, 1.165) is 25.7 Å². The first kappa shape index (κ1) is 22.1. The molecule has 2 rings (SSSR count). The van der Waals surface area contributed by atoms with Crippen molar-refractivity contribution in [2.75, 3.05) is 20.2 Å². The fourth-order valence-electron chi connectivity index (χ4n) is 3.01. The van der Waals surface area contributed by atoms with Crippen molar-refractivity contribution in [3.05, 3.63) is 35.9 Å². The Balaban J connectivity index is 2.04. The smallest absolute Gasteiger partial charge is 0.330 e. The summed E-state index contributed by atoms with van der Waals surface area (Å²) in [6.07, 6.45) is 6.75. The molecule has 1 heterocycles. The summed E-state index contributed by atoms with van der Waals surface area (Å²) in [6.45, 7) is 4.21. The highest BCUT2D eigenvalue weighted by Gasteiger charge is 2.29. The molecule has 0 spiro atoms. The molecule has 0 atom stereocenters. The summed E-state index contributed by atoms with van der Waals surface area (Å²) < 4.78 is 31.7. The maximum Gasteiger partial charge on any atom is 0.330 e. The molecule has 1 aliphatic heterocycles. The molecule has 0 saturated carbocycles. The number of hydrogen-bond donors (Lipinski definition) is 1. The highest BCUT2D eigenvalue weighted by molar-refractivity contribution is 7.89. The SMILES string of the molecule is COC(=O)C(C)(C)NC(=O)/C=C/c1ccc(S(=O)(=O)N2CCCCCC2)cc1. The number of methoxy groups -OCH3 is 1. The number of esters is 1. The van der Waals surface area contributed by atoms with Gasteiger partial charge in [0.2, 0.25) is 15.9 Å². The average molecular weight is 409 g/mol. The van der Waals surface area contributed by atoms with Crippen LogP contribution in [-0.2, 0) is 24.3 Å². The lowest BCUT2D eigenvalue weighted by atomic mass is 10.1. The van der Waals surface area contributed by atoms with E-state index in [1.54, 1.807) is 48.5 Å². The zero-order chi connectivity index (χ0) is 20.8. The van der Waals surface area contributed by atoms with Crippen molar-refractivity contribution in [2.24, 2.45) is 0 Å². The Hall–Kier alpha value is -2.19. The lowest BCUT2D eigenvalue weighted by Crippen LogP contribution is -2.49. The summed E-state index contributed by atoms with van der Waals surface area (Å²) >= 11 is 0. The number of nitrogens with zero attached hydrogens (tertiary/aromatic N) is 1. The van der Waals surface area contributed by atoms with Crippen molar-refractivity contribution in [1.29, 1.82) is 0 Å². The second-order valence-electron chi connectivity index (χ2n) is 7.33. The Labute approximate surface area is 166 Å². The standard InChI is InChI=1S/C20H28N2O5S/c1-20(2,19(24)27-3)21-18(23)13-10-16-8-11-17(12-9-16)28(25,26)22-14-6-4-5-7-15-22/h8-13H,4-7,14-15H2,1-3H3,(H,21,23)/b13-10+. The molecular weight excluding hydrogens is 380 g/mol. The van der Waals surface area contributed by atoms with E-state index in [9.17, 15) is 18.0 Å². The highest BCUT2D eigenvalue weighted by Crippen LogP contribution is 2.21. The van der Waals surface area contributed by atoms with Crippen LogP contribution in [0.1, 0.15) is 45.1 Å². The van der Waals surface area contributed by atoms with E-state index < -0.39 is 27.4 Å². The number of carbonyl (C=O) groups excluding carboxylic acids is 2. The first-order chi connectivity index (χ1) is 13.2. The van der Waals surface area contributed by atoms with E-state index in [4.69, 9.17) is 0 Å². The lowest BCUT2D eigenvalue weighted by Gasteiger charge is -2.22. The second kappa shape index (κ2) is 9.34. The summed E-state index contributed by atoms with van der Waals surface area (Å²) in [5.41, 5.74) is -0.456. The van der Waals surface area contributed by atoms with Gasteiger partial charge in [-0.3, -0.25) is 4.79 Å². The van der Waals surface area contributed by atoms with Gasteiger partial charge in [0.25, 0.3) is 0 Å². The second-order valence-corrected chi connectivity index (χ2v) is 9.26. The van der Waals surface area contributed by atoms with Crippen LogP contribution in [0.2, 0.25) is 0 Å². The van der Waals surface area contributed by atoms with Crippen LogP contribution in [-0.4, -0.2) is 50.3 Å². The van der Waals surface area contributed by atoms with Crippen molar-refractivity contribution < 1.29 is 22.7 Å². The predicted octanol–water partition coefficient (Wildman–Crippen LogP) is 2.33. The van der Waals surface area contributed by atoms with Crippen LogP contribution >= 0.6 is 0 Å². The van der Waals surface area contributed by atoms with Gasteiger partial charge in [-0.2, -0.15) is 4.31 Å². The Bertz CT molecular complexity index is 821. The molecule has 1 amide bonds. The van der Waals surface area contributed by atoms with Crippen LogP contribution in [0.4, 0.5) is 0 Å². The highest BCUT2D eigenvalue weighted by atomic mass is 32.2. The topological polar surface area (TPSA) is 92.8 Å². The number of nitrogens with one attached hydrogen (secondary N) is 1.